The van der Waals surface area contributed by atoms with Crippen LogP contribution in [0.15, 0.2) is 78.9 Å². The van der Waals surface area contributed by atoms with Gasteiger partial charge in [0.1, 0.15) is 0 Å². The average Bonchev–Trinajstić information content (AvgIpc) is 3.31. The molecule has 3 nitrogen and oxygen atoms in total. The lowest BCUT2D eigenvalue weighted by Crippen LogP contribution is -2.40. The molecular weight excluding hydrogens is 392 g/mol. The van der Waals surface area contributed by atoms with Crippen molar-refractivity contribution in [3.63, 3.8) is 0 Å². The van der Waals surface area contributed by atoms with Crippen LogP contribution in [0.1, 0.15) is 59.6 Å². The number of benzene rings is 3. The highest BCUT2D eigenvalue weighted by Gasteiger charge is 2.43. The smallest absolute Gasteiger partial charge is 0.255 e. The normalized spacial score (nSPS) is 19.0. The summed E-state index contributed by atoms with van der Waals surface area (Å²) in [6.07, 6.45) is 5.89. The molecular formula is C29H28N2O. The fourth-order valence-corrected chi connectivity index (χ4v) is 6.01. The summed E-state index contributed by atoms with van der Waals surface area (Å²) in [5.74, 6) is 0.199. The molecule has 0 N–H and O–H groups in total. The molecule has 4 aromatic rings. The second-order valence-electron chi connectivity index (χ2n) is 9.20. The summed E-state index contributed by atoms with van der Waals surface area (Å²) < 4.78 is 2.31. The molecule has 6 rings (SSSR count). The minimum Gasteiger partial charge on any atom is -0.343 e. The fraction of sp³-hybridized carbons (Fsp3) is 0.276. The number of rotatable bonds is 3. The minimum atomic E-state index is -0.0527. The van der Waals surface area contributed by atoms with Crippen LogP contribution in [-0.4, -0.2) is 21.4 Å². The standard InChI is InChI=1S/C29H28N2O/c1-30-25-19-11-10-18-24(25)26(27(30)20-12-4-2-5-13-20)28-22-16-8-9-17-23(22)29(32)31(28)21-14-6-3-7-15-21/h2,4-5,8-13,16-19,21,28H,3,6-7,14-15H2,1H3/t28-/m1/s1. The molecule has 1 aliphatic carbocycles. The van der Waals surface area contributed by atoms with Gasteiger partial charge in [-0.3, -0.25) is 4.79 Å². The number of fused-ring (bicyclic) bond motifs is 2. The molecule has 2 heterocycles. The molecule has 0 radical (unpaired) electrons. The van der Waals surface area contributed by atoms with E-state index in [1.807, 2.05) is 12.1 Å². The molecule has 1 aromatic heterocycles. The van der Waals surface area contributed by atoms with E-state index in [1.54, 1.807) is 0 Å². The average molecular weight is 421 g/mol. The zero-order valence-electron chi connectivity index (χ0n) is 18.5. The van der Waals surface area contributed by atoms with E-state index in [4.69, 9.17) is 0 Å². The van der Waals surface area contributed by atoms with Gasteiger partial charge in [-0.05, 0) is 36.1 Å². The summed E-state index contributed by atoms with van der Waals surface area (Å²) in [5, 5.41) is 1.24. The molecule has 2 aliphatic rings. The van der Waals surface area contributed by atoms with E-state index in [9.17, 15) is 4.79 Å². The van der Waals surface area contributed by atoms with Gasteiger partial charge < -0.3 is 9.47 Å². The number of nitrogens with zero attached hydrogens (tertiary/aromatic N) is 2. The number of hydrogen-bond donors (Lipinski definition) is 0. The van der Waals surface area contributed by atoms with E-state index in [-0.39, 0.29) is 11.9 Å². The third-order valence-corrected chi connectivity index (χ3v) is 7.43. The van der Waals surface area contributed by atoms with Gasteiger partial charge in [-0.25, -0.2) is 0 Å². The van der Waals surface area contributed by atoms with Crippen molar-refractivity contribution in [2.24, 2.45) is 7.05 Å². The molecule has 3 aromatic carbocycles. The Balaban J connectivity index is 1.65. The fourth-order valence-electron chi connectivity index (χ4n) is 6.01. The number of aryl methyl sites for hydroxylation is 1. The first-order valence-corrected chi connectivity index (χ1v) is 11.8. The number of hydrogen-bond acceptors (Lipinski definition) is 1. The predicted octanol–water partition coefficient (Wildman–Crippen LogP) is 6.72. The Hall–Kier alpha value is -3.33. The lowest BCUT2D eigenvalue weighted by molar-refractivity contribution is 0.0613. The number of carbonyl (C=O) groups excluding carboxylic acids is 1. The van der Waals surface area contributed by atoms with Gasteiger partial charge in [0.05, 0.1) is 11.7 Å². The second-order valence-corrected chi connectivity index (χ2v) is 9.20. The summed E-state index contributed by atoms with van der Waals surface area (Å²) in [4.78, 5) is 16.0. The quantitative estimate of drug-likeness (QED) is 0.361. The first kappa shape index (κ1) is 19.4. The topological polar surface area (TPSA) is 25.2 Å². The number of aromatic nitrogens is 1. The van der Waals surface area contributed by atoms with Crippen molar-refractivity contribution in [3.8, 4) is 11.3 Å². The zero-order chi connectivity index (χ0) is 21.7. The van der Waals surface area contributed by atoms with Crippen LogP contribution in [0.3, 0.4) is 0 Å². The van der Waals surface area contributed by atoms with Gasteiger partial charge in [-0.1, -0.05) is 86.0 Å². The third-order valence-electron chi connectivity index (χ3n) is 7.43. The molecule has 1 atom stereocenters. The van der Waals surface area contributed by atoms with E-state index in [0.29, 0.717) is 6.04 Å². The third kappa shape index (κ3) is 2.84. The lowest BCUT2D eigenvalue weighted by Gasteiger charge is -2.36. The molecule has 0 unspecified atom stereocenters. The van der Waals surface area contributed by atoms with Gasteiger partial charge in [-0.2, -0.15) is 0 Å². The van der Waals surface area contributed by atoms with Crippen LogP contribution in [0.25, 0.3) is 22.2 Å². The Labute approximate surface area is 189 Å². The SMILES string of the molecule is Cn1c(-c2ccccc2)c([C@H]2c3ccccc3C(=O)N2C2CCCCC2)c2ccccc21. The van der Waals surface area contributed by atoms with Crippen LogP contribution in [-0.2, 0) is 7.05 Å². The largest absolute Gasteiger partial charge is 0.343 e. The number of carbonyl (C=O) groups is 1. The van der Waals surface area contributed by atoms with Crippen molar-refractivity contribution in [1.29, 1.82) is 0 Å². The Bertz CT molecular complexity index is 1300. The minimum absolute atomic E-state index is 0.0527. The predicted molar refractivity (Wildman–Crippen MR) is 130 cm³/mol. The van der Waals surface area contributed by atoms with Gasteiger partial charge in [0.25, 0.3) is 5.91 Å². The Morgan fingerprint density at radius 2 is 1.47 bits per heavy atom. The van der Waals surface area contributed by atoms with Crippen LogP contribution in [0.5, 0.6) is 0 Å². The van der Waals surface area contributed by atoms with E-state index < -0.39 is 0 Å². The number of para-hydroxylation sites is 1. The first-order valence-electron chi connectivity index (χ1n) is 11.8. The van der Waals surface area contributed by atoms with Crippen LogP contribution >= 0.6 is 0 Å². The van der Waals surface area contributed by atoms with Gasteiger partial charge in [0.15, 0.2) is 0 Å². The molecule has 1 amide bonds. The molecule has 1 fully saturated rings. The van der Waals surface area contributed by atoms with E-state index >= 15 is 0 Å². The van der Waals surface area contributed by atoms with E-state index in [2.05, 4.69) is 83.2 Å². The van der Waals surface area contributed by atoms with Crippen LogP contribution < -0.4 is 0 Å². The lowest BCUT2D eigenvalue weighted by atomic mass is 9.89. The maximum atomic E-state index is 13.8. The molecule has 160 valence electrons. The summed E-state index contributed by atoms with van der Waals surface area (Å²) in [6.45, 7) is 0. The highest BCUT2D eigenvalue weighted by atomic mass is 16.2. The Kier molecular flexibility index (Phi) is 4.64. The van der Waals surface area contributed by atoms with Crippen molar-refractivity contribution in [1.82, 2.24) is 9.47 Å². The molecule has 0 saturated heterocycles. The molecule has 32 heavy (non-hydrogen) atoms. The molecule has 0 bridgehead atoms. The monoisotopic (exact) mass is 420 g/mol. The van der Waals surface area contributed by atoms with Crippen molar-refractivity contribution >= 4 is 16.8 Å². The highest BCUT2D eigenvalue weighted by Crippen LogP contribution is 2.48. The first-order chi connectivity index (χ1) is 15.8. The maximum absolute atomic E-state index is 13.8. The summed E-state index contributed by atoms with van der Waals surface area (Å²) in [7, 11) is 2.15. The maximum Gasteiger partial charge on any atom is 0.255 e. The van der Waals surface area contributed by atoms with Gasteiger partial charge in [0.2, 0.25) is 0 Å². The Morgan fingerprint density at radius 3 is 2.28 bits per heavy atom. The molecule has 3 heteroatoms. The second kappa shape index (κ2) is 7.67. The van der Waals surface area contributed by atoms with Crippen LogP contribution in [0.2, 0.25) is 0 Å². The van der Waals surface area contributed by atoms with Gasteiger partial charge >= 0.3 is 0 Å². The van der Waals surface area contributed by atoms with Crippen molar-refractivity contribution < 1.29 is 4.79 Å². The van der Waals surface area contributed by atoms with Crippen molar-refractivity contribution in [2.75, 3.05) is 0 Å². The van der Waals surface area contributed by atoms with Crippen LogP contribution in [0.4, 0.5) is 0 Å². The summed E-state index contributed by atoms with van der Waals surface area (Å²) >= 11 is 0. The van der Waals surface area contributed by atoms with Gasteiger partial charge in [-0.15, -0.1) is 0 Å². The highest BCUT2D eigenvalue weighted by molar-refractivity contribution is 6.02. The molecule has 0 spiro atoms. The number of amides is 1. The Morgan fingerprint density at radius 1 is 0.781 bits per heavy atom. The van der Waals surface area contributed by atoms with Crippen LogP contribution in [0, 0.1) is 0 Å². The molecule has 1 saturated carbocycles. The van der Waals surface area contributed by atoms with E-state index in [1.165, 1.54) is 47.0 Å². The molecule has 1 aliphatic heterocycles. The van der Waals surface area contributed by atoms with Crippen molar-refractivity contribution in [3.05, 3.63) is 95.6 Å². The zero-order valence-corrected chi connectivity index (χ0v) is 18.5. The van der Waals surface area contributed by atoms with Gasteiger partial charge in [0, 0.05) is 35.1 Å². The summed E-state index contributed by atoms with van der Waals surface area (Å²) in [5.41, 5.74) is 6.90. The van der Waals surface area contributed by atoms with E-state index in [0.717, 1.165) is 24.0 Å². The summed E-state index contributed by atoms with van der Waals surface area (Å²) in [6, 6.07) is 27.8. The van der Waals surface area contributed by atoms with Crippen molar-refractivity contribution in [2.45, 2.75) is 44.2 Å².